The van der Waals surface area contributed by atoms with Crippen LogP contribution in [0.25, 0.3) is 0 Å². The van der Waals surface area contributed by atoms with E-state index in [1.807, 2.05) is 0 Å². The van der Waals surface area contributed by atoms with Crippen molar-refractivity contribution in [2.24, 2.45) is 11.8 Å². The Morgan fingerprint density at radius 2 is 1.30 bits per heavy atom. The quantitative estimate of drug-likeness (QED) is 0.389. The number of hydrogen-bond acceptors (Lipinski definition) is 2. The Bertz CT molecular complexity index is 264. The smallest absolute Gasteiger partial charge is 0.245 e. The van der Waals surface area contributed by atoms with Crippen molar-refractivity contribution in [2.45, 2.75) is 91.9 Å². The fraction of sp³-hybridized carbons (Fsp3) is 0.950. The first-order valence-corrected chi connectivity index (χ1v) is 9.86. The zero-order valence-corrected chi connectivity index (χ0v) is 16.2. The summed E-state index contributed by atoms with van der Waals surface area (Å²) in [6.07, 6.45) is 13.3. The molecule has 1 amide bonds. The van der Waals surface area contributed by atoms with Gasteiger partial charge >= 0.3 is 0 Å². The van der Waals surface area contributed by atoms with Crippen molar-refractivity contribution < 1.29 is 9.53 Å². The Morgan fingerprint density at radius 3 is 1.83 bits per heavy atom. The number of amides is 1. The second-order valence-electron chi connectivity index (χ2n) is 7.62. The van der Waals surface area contributed by atoms with Gasteiger partial charge in [-0.25, -0.2) is 0 Å². The molecule has 0 bridgehead atoms. The Kier molecular flexibility index (Phi) is 15.9. The molecule has 3 heteroatoms. The summed E-state index contributed by atoms with van der Waals surface area (Å²) in [6.45, 7) is 10.4. The minimum absolute atomic E-state index is 0.0204. The molecule has 0 aliphatic heterocycles. The van der Waals surface area contributed by atoms with Crippen LogP contribution in [0, 0.1) is 11.8 Å². The second-order valence-corrected chi connectivity index (χ2v) is 7.62. The van der Waals surface area contributed by atoms with Crippen LogP contribution in [0.1, 0.15) is 91.9 Å². The number of carbonyl (C=O) groups excluding carboxylic acids is 1. The van der Waals surface area contributed by atoms with Crippen LogP contribution in [0.2, 0.25) is 0 Å². The largest absolute Gasteiger partial charge is 0.371 e. The van der Waals surface area contributed by atoms with Crippen LogP contribution >= 0.6 is 0 Å². The van der Waals surface area contributed by atoms with E-state index in [1.165, 1.54) is 57.8 Å². The van der Waals surface area contributed by atoms with E-state index in [2.05, 4.69) is 33.0 Å². The molecule has 0 aromatic carbocycles. The standard InChI is InChI=1S/C20H41NO2/c1-18(2)14-12-10-8-6-5-7-9-11-13-15-21-20(22)17-23-16-19(3)4/h18-19H,5-17H2,1-4H3,(H,21,22). The van der Waals surface area contributed by atoms with Gasteiger partial charge < -0.3 is 10.1 Å². The van der Waals surface area contributed by atoms with E-state index < -0.39 is 0 Å². The van der Waals surface area contributed by atoms with Crippen molar-refractivity contribution in [3.63, 3.8) is 0 Å². The topological polar surface area (TPSA) is 38.3 Å². The van der Waals surface area contributed by atoms with E-state index in [9.17, 15) is 4.79 Å². The van der Waals surface area contributed by atoms with Gasteiger partial charge in [0.1, 0.15) is 6.61 Å². The van der Waals surface area contributed by atoms with Crippen molar-refractivity contribution in [3.05, 3.63) is 0 Å². The van der Waals surface area contributed by atoms with E-state index in [4.69, 9.17) is 4.74 Å². The summed E-state index contributed by atoms with van der Waals surface area (Å²) in [5, 5.41) is 2.93. The van der Waals surface area contributed by atoms with Crippen LogP contribution in [0.4, 0.5) is 0 Å². The van der Waals surface area contributed by atoms with Crippen LogP contribution in [-0.2, 0) is 9.53 Å². The summed E-state index contributed by atoms with van der Waals surface area (Å²) in [5.74, 6) is 1.36. The van der Waals surface area contributed by atoms with Crippen molar-refractivity contribution >= 4 is 5.91 Å². The molecule has 23 heavy (non-hydrogen) atoms. The predicted molar refractivity (Wildman–Crippen MR) is 99.7 cm³/mol. The van der Waals surface area contributed by atoms with Gasteiger partial charge in [-0.2, -0.15) is 0 Å². The summed E-state index contributed by atoms with van der Waals surface area (Å²) in [4.78, 5) is 11.5. The van der Waals surface area contributed by atoms with Gasteiger partial charge in [0, 0.05) is 13.2 Å². The molecule has 138 valence electrons. The molecule has 0 rings (SSSR count). The van der Waals surface area contributed by atoms with Gasteiger partial charge in [0.15, 0.2) is 0 Å². The molecule has 0 saturated carbocycles. The maximum atomic E-state index is 11.5. The molecule has 0 spiro atoms. The maximum absolute atomic E-state index is 11.5. The first-order chi connectivity index (χ1) is 11.0. The summed E-state index contributed by atoms with van der Waals surface area (Å²) in [6, 6.07) is 0. The molecule has 3 nitrogen and oxygen atoms in total. The molecule has 0 saturated heterocycles. The number of carbonyl (C=O) groups is 1. The number of ether oxygens (including phenoxy) is 1. The van der Waals surface area contributed by atoms with Gasteiger partial charge in [-0.1, -0.05) is 85.5 Å². The molecule has 0 fully saturated rings. The van der Waals surface area contributed by atoms with Crippen LogP contribution in [0.5, 0.6) is 0 Å². The average Bonchev–Trinajstić information content (AvgIpc) is 2.47. The molecule has 0 unspecified atom stereocenters. The van der Waals surface area contributed by atoms with E-state index in [1.54, 1.807) is 0 Å². The highest BCUT2D eigenvalue weighted by atomic mass is 16.5. The van der Waals surface area contributed by atoms with Gasteiger partial charge in [-0.3, -0.25) is 4.79 Å². The highest BCUT2D eigenvalue weighted by Crippen LogP contribution is 2.12. The lowest BCUT2D eigenvalue weighted by Crippen LogP contribution is -2.29. The molecule has 0 aliphatic rings. The van der Waals surface area contributed by atoms with Crippen molar-refractivity contribution in [1.29, 1.82) is 0 Å². The first kappa shape index (κ1) is 22.4. The highest BCUT2D eigenvalue weighted by molar-refractivity contribution is 5.77. The molecule has 0 aromatic heterocycles. The van der Waals surface area contributed by atoms with E-state index >= 15 is 0 Å². The Hall–Kier alpha value is -0.570. The average molecular weight is 328 g/mol. The van der Waals surface area contributed by atoms with E-state index in [0.29, 0.717) is 12.5 Å². The lowest BCUT2D eigenvalue weighted by Gasteiger charge is -2.08. The second kappa shape index (κ2) is 16.3. The van der Waals surface area contributed by atoms with Gasteiger partial charge in [0.05, 0.1) is 0 Å². The first-order valence-electron chi connectivity index (χ1n) is 9.86. The molecule has 1 N–H and O–H groups in total. The van der Waals surface area contributed by atoms with Gasteiger partial charge in [0.2, 0.25) is 5.91 Å². The Labute approximate surface area is 144 Å². The maximum Gasteiger partial charge on any atom is 0.245 e. The molecular formula is C20H41NO2. The number of hydrogen-bond donors (Lipinski definition) is 1. The lowest BCUT2D eigenvalue weighted by atomic mass is 10.0. The SMILES string of the molecule is CC(C)CCCCCCCCCCCNC(=O)COCC(C)C. The van der Waals surface area contributed by atoms with Gasteiger partial charge in [0.25, 0.3) is 0 Å². The summed E-state index contributed by atoms with van der Waals surface area (Å²) < 4.78 is 5.31. The van der Waals surface area contributed by atoms with Crippen molar-refractivity contribution in [3.8, 4) is 0 Å². The van der Waals surface area contributed by atoms with Crippen LogP contribution in [-0.4, -0.2) is 25.7 Å². The molecule has 0 heterocycles. The van der Waals surface area contributed by atoms with Crippen molar-refractivity contribution in [1.82, 2.24) is 5.32 Å². The fourth-order valence-electron chi connectivity index (χ4n) is 2.58. The van der Waals surface area contributed by atoms with Gasteiger partial charge in [-0.05, 0) is 18.3 Å². The minimum atomic E-state index is 0.0204. The van der Waals surface area contributed by atoms with Crippen LogP contribution < -0.4 is 5.32 Å². The molecule has 0 radical (unpaired) electrons. The van der Waals surface area contributed by atoms with Crippen LogP contribution in [0.15, 0.2) is 0 Å². The molecular weight excluding hydrogens is 286 g/mol. The number of rotatable bonds is 16. The normalized spacial score (nSPS) is 11.4. The van der Waals surface area contributed by atoms with Crippen LogP contribution in [0.3, 0.4) is 0 Å². The zero-order chi connectivity index (χ0) is 17.3. The lowest BCUT2D eigenvalue weighted by molar-refractivity contribution is -0.126. The number of nitrogens with one attached hydrogen (secondary N) is 1. The molecule has 0 atom stereocenters. The third-order valence-electron chi connectivity index (χ3n) is 3.96. The Balaban J connectivity index is 3.14. The number of unbranched alkanes of at least 4 members (excludes halogenated alkanes) is 8. The van der Waals surface area contributed by atoms with E-state index in [-0.39, 0.29) is 12.5 Å². The minimum Gasteiger partial charge on any atom is -0.371 e. The zero-order valence-electron chi connectivity index (χ0n) is 16.2. The Morgan fingerprint density at radius 1 is 0.783 bits per heavy atom. The molecule has 0 aliphatic carbocycles. The van der Waals surface area contributed by atoms with Crippen molar-refractivity contribution in [2.75, 3.05) is 19.8 Å². The predicted octanol–water partition coefficient (Wildman–Crippen LogP) is 5.33. The fourth-order valence-corrected chi connectivity index (χ4v) is 2.58. The van der Waals surface area contributed by atoms with E-state index in [0.717, 1.165) is 18.9 Å². The summed E-state index contributed by atoms with van der Waals surface area (Å²) in [7, 11) is 0. The third-order valence-corrected chi connectivity index (χ3v) is 3.96. The summed E-state index contributed by atoms with van der Waals surface area (Å²) >= 11 is 0. The molecule has 0 aromatic rings. The monoisotopic (exact) mass is 327 g/mol. The third kappa shape index (κ3) is 19.4. The summed E-state index contributed by atoms with van der Waals surface area (Å²) in [5.41, 5.74) is 0. The highest BCUT2D eigenvalue weighted by Gasteiger charge is 2.01. The van der Waals surface area contributed by atoms with Gasteiger partial charge in [-0.15, -0.1) is 0 Å².